The lowest BCUT2D eigenvalue weighted by molar-refractivity contribution is -0.112. The monoisotopic (exact) mass is 470 g/mol. The molecule has 0 radical (unpaired) electrons. The molecule has 3 aromatic carbocycles. The van der Waals surface area contributed by atoms with Gasteiger partial charge in [0.15, 0.2) is 11.5 Å². The van der Waals surface area contributed by atoms with Crippen LogP contribution in [0.1, 0.15) is 11.1 Å². The summed E-state index contributed by atoms with van der Waals surface area (Å²) in [6.45, 7) is 0.218. The molecule has 5 nitrogen and oxygen atoms in total. The molecule has 0 aliphatic rings. The second kappa shape index (κ2) is 10.7. The lowest BCUT2D eigenvalue weighted by atomic mass is 10.1. The third kappa shape index (κ3) is 6.01. The average Bonchev–Trinajstić information content (AvgIpc) is 2.77. The van der Waals surface area contributed by atoms with Gasteiger partial charge in [0.25, 0.3) is 5.91 Å². The molecule has 0 saturated heterocycles. The number of hydrogen-bond donors (Lipinski definition) is 1. The van der Waals surface area contributed by atoms with Crippen molar-refractivity contribution in [1.82, 2.24) is 0 Å². The summed E-state index contributed by atoms with van der Waals surface area (Å²) in [5.41, 5.74) is 1.51. The molecule has 162 valence electrons. The number of anilines is 1. The Kier molecular flexibility index (Phi) is 7.72. The van der Waals surface area contributed by atoms with Crippen LogP contribution in [0.25, 0.3) is 6.08 Å². The molecular weight excluding hydrogens is 454 g/mol. The van der Waals surface area contributed by atoms with E-state index in [4.69, 9.17) is 32.7 Å². The number of nitrogens with zero attached hydrogens (tertiary/aromatic N) is 1. The molecule has 1 N–H and O–H groups in total. The molecule has 0 atom stereocenters. The third-order valence-corrected chi connectivity index (χ3v) is 4.82. The normalized spacial score (nSPS) is 10.9. The SMILES string of the molecule is COc1cc(/C=C(\C#N)C(=O)Nc2ccc(F)cc2)cc(Cl)c1OCc1cccc(Cl)c1. The van der Waals surface area contributed by atoms with Crippen LogP contribution < -0.4 is 14.8 Å². The molecular formula is C24H17Cl2FN2O3. The minimum atomic E-state index is -0.643. The Hall–Kier alpha value is -3.53. The number of hydrogen-bond acceptors (Lipinski definition) is 4. The number of nitrogens with one attached hydrogen (secondary N) is 1. The van der Waals surface area contributed by atoms with E-state index in [1.807, 2.05) is 18.2 Å². The zero-order valence-corrected chi connectivity index (χ0v) is 18.4. The predicted molar refractivity (Wildman–Crippen MR) is 122 cm³/mol. The van der Waals surface area contributed by atoms with Gasteiger partial charge >= 0.3 is 0 Å². The molecule has 0 spiro atoms. The first-order valence-corrected chi connectivity index (χ1v) is 10.1. The first-order chi connectivity index (χ1) is 15.4. The summed E-state index contributed by atoms with van der Waals surface area (Å²) in [5.74, 6) is -0.420. The summed E-state index contributed by atoms with van der Waals surface area (Å²) in [4.78, 5) is 12.4. The number of rotatable bonds is 7. The molecule has 0 aliphatic heterocycles. The van der Waals surface area contributed by atoms with Crippen molar-refractivity contribution < 1.29 is 18.7 Å². The molecule has 1 amide bonds. The van der Waals surface area contributed by atoms with Crippen molar-refractivity contribution in [2.45, 2.75) is 6.61 Å². The molecule has 0 fully saturated rings. The molecule has 0 aliphatic carbocycles. The number of halogens is 3. The zero-order valence-electron chi connectivity index (χ0n) is 16.9. The number of methoxy groups -OCH3 is 1. The van der Waals surface area contributed by atoms with Gasteiger partial charge in [0.2, 0.25) is 0 Å². The maximum absolute atomic E-state index is 13.0. The quantitative estimate of drug-likeness (QED) is 0.326. The zero-order chi connectivity index (χ0) is 23.1. The van der Waals surface area contributed by atoms with Crippen molar-refractivity contribution in [3.63, 3.8) is 0 Å². The van der Waals surface area contributed by atoms with Gasteiger partial charge in [-0.25, -0.2) is 4.39 Å². The first-order valence-electron chi connectivity index (χ1n) is 9.33. The Morgan fingerprint density at radius 3 is 2.56 bits per heavy atom. The van der Waals surface area contributed by atoms with Crippen LogP contribution in [0.5, 0.6) is 11.5 Å². The Balaban J connectivity index is 1.81. The van der Waals surface area contributed by atoms with E-state index in [1.165, 1.54) is 37.5 Å². The van der Waals surface area contributed by atoms with E-state index < -0.39 is 11.7 Å². The van der Waals surface area contributed by atoms with Gasteiger partial charge in [-0.3, -0.25) is 4.79 Å². The summed E-state index contributed by atoms with van der Waals surface area (Å²) >= 11 is 12.4. The van der Waals surface area contributed by atoms with E-state index in [1.54, 1.807) is 24.3 Å². The smallest absolute Gasteiger partial charge is 0.266 e. The number of carbonyl (C=O) groups is 1. The summed E-state index contributed by atoms with van der Waals surface area (Å²) in [6, 6.07) is 17.4. The maximum Gasteiger partial charge on any atom is 0.266 e. The number of nitriles is 1. The lowest BCUT2D eigenvalue weighted by Gasteiger charge is -2.14. The van der Waals surface area contributed by atoms with Crippen LogP contribution in [-0.2, 0) is 11.4 Å². The molecule has 0 bridgehead atoms. The lowest BCUT2D eigenvalue weighted by Crippen LogP contribution is -2.13. The largest absolute Gasteiger partial charge is 0.493 e. The minimum Gasteiger partial charge on any atom is -0.493 e. The molecule has 3 aromatic rings. The highest BCUT2D eigenvalue weighted by molar-refractivity contribution is 6.32. The van der Waals surface area contributed by atoms with E-state index >= 15 is 0 Å². The van der Waals surface area contributed by atoms with Crippen molar-refractivity contribution in [1.29, 1.82) is 5.26 Å². The highest BCUT2D eigenvalue weighted by atomic mass is 35.5. The highest BCUT2D eigenvalue weighted by Crippen LogP contribution is 2.37. The van der Waals surface area contributed by atoms with Gasteiger partial charge in [0, 0.05) is 10.7 Å². The second-order valence-corrected chi connectivity index (χ2v) is 7.43. The molecule has 0 aromatic heterocycles. The standard InChI is InChI=1S/C24H17Cl2FN2O3/c1-31-22-12-16(9-17(13-28)24(30)29-20-7-5-19(27)6-8-20)11-21(26)23(22)32-14-15-3-2-4-18(25)10-15/h2-12H,14H2,1H3,(H,29,30)/b17-9+. The summed E-state index contributed by atoms with van der Waals surface area (Å²) in [6.07, 6.45) is 1.37. The Bertz CT molecular complexity index is 1200. The fourth-order valence-electron chi connectivity index (χ4n) is 2.79. The predicted octanol–water partition coefficient (Wildman–Crippen LogP) is 6.27. The van der Waals surface area contributed by atoms with E-state index in [2.05, 4.69) is 5.32 Å². The van der Waals surface area contributed by atoms with Gasteiger partial charge in [-0.05, 0) is 65.7 Å². The van der Waals surface area contributed by atoms with Crippen LogP contribution in [0.4, 0.5) is 10.1 Å². The maximum atomic E-state index is 13.0. The van der Waals surface area contributed by atoms with E-state index in [-0.39, 0.29) is 17.2 Å². The van der Waals surface area contributed by atoms with E-state index in [9.17, 15) is 14.4 Å². The Labute approximate surface area is 194 Å². The molecule has 0 unspecified atom stereocenters. The van der Waals surface area contributed by atoms with Gasteiger partial charge in [0.1, 0.15) is 24.1 Å². The van der Waals surface area contributed by atoms with Crippen LogP contribution in [0.15, 0.2) is 66.2 Å². The van der Waals surface area contributed by atoms with Crippen LogP contribution in [0.3, 0.4) is 0 Å². The van der Waals surface area contributed by atoms with Crippen molar-refractivity contribution in [2.75, 3.05) is 12.4 Å². The average molecular weight is 471 g/mol. The Morgan fingerprint density at radius 2 is 1.91 bits per heavy atom. The second-order valence-electron chi connectivity index (χ2n) is 6.58. The first kappa shape index (κ1) is 23.1. The van der Waals surface area contributed by atoms with Crippen LogP contribution in [0.2, 0.25) is 10.0 Å². The summed E-state index contributed by atoms with van der Waals surface area (Å²) in [7, 11) is 1.46. The molecule has 32 heavy (non-hydrogen) atoms. The van der Waals surface area contributed by atoms with Crippen molar-refractivity contribution in [2.24, 2.45) is 0 Å². The number of benzene rings is 3. The summed E-state index contributed by atoms with van der Waals surface area (Å²) in [5, 5.41) is 12.8. The van der Waals surface area contributed by atoms with Crippen molar-refractivity contribution >= 4 is 40.9 Å². The van der Waals surface area contributed by atoms with Gasteiger partial charge in [-0.2, -0.15) is 5.26 Å². The van der Waals surface area contributed by atoms with Crippen molar-refractivity contribution in [3.8, 4) is 17.6 Å². The molecule has 8 heteroatoms. The Morgan fingerprint density at radius 1 is 1.16 bits per heavy atom. The topological polar surface area (TPSA) is 71.3 Å². The van der Waals surface area contributed by atoms with Gasteiger partial charge in [-0.1, -0.05) is 35.3 Å². The van der Waals surface area contributed by atoms with Crippen molar-refractivity contribution in [3.05, 3.63) is 93.2 Å². The van der Waals surface area contributed by atoms with Gasteiger partial charge in [-0.15, -0.1) is 0 Å². The number of amides is 1. The fourth-order valence-corrected chi connectivity index (χ4v) is 3.28. The summed E-state index contributed by atoms with van der Waals surface area (Å²) < 4.78 is 24.2. The van der Waals surface area contributed by atoms with Crippen LogP contribution >= 0.6 is 23.2 Å². The third-order valence-electron chi connectivity index (χ3n) is 4.30. The number of ether oxygens (including phenoxy) is 2. The molecule has 0 heterocycles. The van der Waals surface area contributed by atoms with Gasteiger partial charge < -0.3 is 14.8 Å². The molecule has 3 rings (SSSR count). The highest BCUT2D eigenvalue weighted by Gasteiger charge is 2.15. The van der Waals surface area contributed by atoms with Crippen LogP contribution in [-0.4, -0.2) is 13.0 Å². The van der Waals surface area contributed by atoms with Crippen LogP contribution in [0, 0.1) is 17.1 Å². The molecule has 0 saturated carbocycles. The van der Waals surface area contributed by atoms with E-state index in [0.29, 0.717) is 27.8 Å². The minimum absolute atomic E-state index is 0.167. The van der Waals surface area contributed by atoms with Gasteiger partial charge in [0.05, 0.1) is 12.1 Å². The van der Waals surface area contributed by atoms with E-state index in [0.717, 1.165) is 5.56 Å². The fraction of sp³-hybridized carbons (Fsp3) is 0.0833. The number of carbonyl (C=O) groups excluding carboxylic acids is 1.